The van der Waals surface area contributed by atoms with Crippen molar-refractivity contribution in [3.05, 3.63) is 70.3 Å². The van der Waals surface area contributed by atoms with E-state index in [0.717, 1.165) is 138 Å². The molecule has 0 amide bonds. The predicted octanol–water partition coefficient (Wildman–Crippen LogP) is 10.4. The first-order chi connectivity index (χ1) is 35.3. The smallest absolute Gasteiger partial charge is 0.160 e. The summed E-state index contributed by atoms with van der Waals surface area (Å²) in [6, 6.07) is 14.3. The summed E-state index contributed by atoms with van der Waals surface area (Å²) in [5.74, 6) is 2.35. The van der Waals surface area contributed by atoms with Crippen molar-refractivity contribution in [1.29, 1.82) is 0 Å². The number of hydrogen-bond donors (Lipinski definition) is 7. The topological polar surface area (TPSA) is 178 Å². The third-order valence-corrected chi connectivity index (χ3v) is 24.1. The number of Topliss-reactive ketones (excluding diaryl/α,β-unsaturated/α-hetero) is 2. The van der Waals surface area contributed by atoms with Gasteiger partial charge in [0.25, 0.3) is 0 Å². The maximum absolute atomic E-state index is 16.5. The van der Waals surface area contributed by atoms with Crippen molar-refractivity contribution < 1.29 is 34.8 Å². The van der Waals surface area contributed by atoms with E-state index in [1.165, 1.54) is 11.1 Å². The maximum atomic E-state index is 16.5. The van der Waals surface area contributed by atoms with Crippen LogP contribution in [-0.4, -0.2) is 81.6 Å². The number of phenolic OH excluding ortho intramolecular Hbond substituents is 1. The molecule has 2 aliphatic heterocycles. The lowest BCUT2D eigenvalue weighted by molar-refractivity contribution is -0.213. The number of epoxide rings is 1. The van der Waals surface area contributed by atoms with Crippen molar-refractivity contribution in [2.24, 2.45) is 63.1 Å². The number of rotatable bonds is 9. The molecule has 2 saturated heterocycles. The highest BCUT2D eigenvalue weighted by Crippen LogP contribution is 2.80. The number of aromatic hydroxyl groups is 1. The number of hydrogen-bond acceptors (Lipinski definition) is 10. The molecule has 2 spiro atoms. The van der Waals surface area contributed by atoms with Crippen LogP contribution in [0.1, 0.15) is 192 Å². The van der Waals surface area contributed by atoms with Gasteiger partial charge in [0.15, 0.2) is 5.78 Å². The van der Waals surface area contributed by atoms with Crippen molar-refractivity contribution in [1.82, 2.24) is 10.6 Å². The number of allylic oxidation sites excluding steroid dienone is 2. The molecule has 18 unspecified atom stereocenters. The minimum absolute atomic E-state index is 0.0324. The van der Waals surface area contributed by atoms with Gasteiger partial charge in [-0.05, 0) is 222 Å². The molecule has 7 bridgehead atoms. The number of β-amino-alcohol motifs (C(OH)–C–C–N with tert-alkyl or cyclic N) is 1. The van der Waals surface area contributed by atoms with Crippen molar-refractivity contribution in [2.75, 3.05) is 25.9 Å². The summed E-state index contributed by atoms with van der Waals surface area (Å²) in [5.41, 5.74) is 9.02. The molecule has 10 aliphatic rings. The number of benzene rings is 2. The van der Waals surface area contributed by atoms with E-state index in [1.807, 2.05) is 32.2 Å². The molecule has 2 heterocycles. The van der Waals surface area contributed by atoms with E-state index >= 15 is 9.59 Å². The average molecular weight is 1010 g/mol. The average Bonchev–Trinajstić information content (AvgIpc) is 3.68. The van der Waals surface area contributed by atoms with Gasteiger partial charge in [0, 0.05) is 48.7 Å². The van der Waals surface area contributed by atoms with Gasteiger partial charge in [0.2, 0.25) is 0 Å². The van der Waals surface area contributed by atoms with Crippen LogP contribution in [0.5, 0.6) is 5.75 Å². The van der Waals surface area contributed by atoms with Gasteiger partial charge in [0.1, 0.15) is 17.6 Å². The number of aliphatic hydroxyl groups is 3. The molecule has 10 heteroatoms. The monoisotopic (exact) mass is 1010 g/mol. The quantitative estimate of drug-likeness (QED) is 0.0945. The molecule has 10 nitrogen and oxygen atoms in total. The second-order valence-corrected chi connectivity index (χ2v) is 28.1. The van der Waals surface area contributed by atoms with E-state index in [2.05, 4.69) is 55.7 Å². The number of carbonyl (C=O) groups excluding carboxylic acids is 2. The van der Waals surface area contributed by atoms with E-state index in [1.54, 1.807) is 0 Å². The minimum Gasteiger partial charge on any atom is -0.508 e. The van der Waals surface area contributed by atoms with Gasteiger partial charge in [-0.1, -0.05) is 76.1 Å². The van der Waals surface area contributed by atoms with Gasteiger partial charge in [-0.15, -0.1) is 0 Å². The number of nitrogens with one attached hydrogen (secondary N) is 2. The number of fused-ring (bicyclic) bond motifs is 2. The Morgan fingerprint density at radius 3 is 2.53 bits per heavy atom. The maximum Gasteiger partial charge on any atom is 0.160 e. The highest BCUT2D eigenvalue weighted by molar-refractivity contribution is 6.01. The Balaban J connectivity index is 1.00. The Morgan fingerprint density at radius 2 is 1.73 bits per heavy atom. The number of anilines is 1. The van der Waals surface area contributed by atoms with Crippen LogP contribution in [0.4, 0.5) is 5.69 Å². The lowest BCUT2D eigenvalue weighted by atomic mass is 9.31. The summed E-state index contributed by atoms with van der Waals surface area (Å²) in [7, 11) is 1.93. The third kappa shape index (κ3) is 7.79. The molecule has 8 fully saturated rings. The van der Waals surface area contributed by atoms with Crippen molar-refractivity contribution >= 4 is 17.3 Å². The lowest BCUT2D eigenvalue weighted by Crippen LogP contribution is -2.73. The second-order valence-electron chi connectivity index (χ2n) is 28.1. The zero-order valence-corrected chi connectivity index (χ0v) is 45.7. The second kappa shape index (κ2) is 18.5. The summed E-state index contributed by atoms with van der Waals surface area (Å²) in [4.78, 5) is 32.6. The van der Waals surface area contributed by atoms with Crippen LogP contribution in [0.2, 0.25) is 0 Å². The zero-order chi connectivity index (χ0) is 51.8. The normalized spacial score (nSPS) is 46.3. The van der Waals surface area contributed by atoms with Crippen LogP contribution in [0.15, 0.2) is 53.6 Å². The van der Waals surface area contributed by atoms with E-state index < -0.39 is 33.6 Å². The first-order valence-electron chi connectivity index (χ1n) is 29.9. The van der Waals surface area contributed by atoms with E-state index in [-0.39, 0.29) is 76.6 Å². The Morgan fingerprint density at radius 1 is 0.905 bits per heavy atom. The predicted molar refractivity (Wildman–Crippen MR) is 289 cm³/mol. The number of nitrogens with two attached hydrogens (primary N) is 1. The molecule has 8 aliphatic carbocycles. The summed E-state index contributed by atoms with van der Waals surface area (Å²) in [5, 5.41) is 54.8. The third-order valence-electron chi connectivity index (χ3n) is 24.1. The molecule has 12 rings (SSSR count). The van der Waals surface area contributed by atoms with Gasteiger partial charge in [-0.3, -0.25) is 9.59 Å². The number of ketones is 2. The fourth-order valence-electron chi connectivity index (χ4n) is 21.6. The molecule has 0 radical (unpaired) electrons. The van der Waals surface area contributed by atoms with Crippen LogP contribution in [-0.2, 0) is 26.3 Å². The van der Waals surface area contributed by atoms with Crippen LogP contribution in [0.25, 0.3) is 0 Å². The van der Waals surface area contributed by atoms with E-state index in [4.69, 9.17) is 10.5 Å². The molecular formula is C64H91N3O7. The molecule has 74 heavy (non-hydrogen) atoms. The Hall–Kier alpha value is -3.12. The minimum atomic E-state index is -0.880. The Kier molecular flexibility index (Phi) is 12.9. The standard InChI is InChI=1S/C64H91N3O7/c1-58(73)21-6-7-22-59(2)55-50(67-37-58)32-64-24-10-13-40-18-17-38(35-68)28-46(40)47(31-51(70)56-61(4,74-56)48-16-9-15-45(48)41-12-8-14-43(65)29-41)54-49-19-20-53(64)60(55,3)36-62(57(59)72,23-11-25-63(49,64)33-52(54)71)42-26-39(34-66-5)27-44(69)30-42/h8,12,14,26-27,29-30,38,40,45-48,50-51,53,55-56,66-70,73H,6-7,9-11,13,15-25,28,31-37,65H2,1-5H3. The molecule has 18 atom stereocenters. The van der Waals surface area contributed by atoms with Gasteiger partial charge in [-0.25, -0.2) is 0 Å². The number of nitrogen functional groups attached to an aromatic ring is 1. The molecule has 404 valence electrons. The first kappa shape index (κ1) is 51.6. The van der Waals surface area contributed by atoms with Crippen LogP contribution < -0.4 is 16.4 Å². The largest absolute Gasteiger partial charge is 0.508 e. The number of aliphatic hydroxyl groups excluding tert-OH is 2. The fraction of sp³-hybridized carbons (Fsp3) is 0.750. The van der Waals surface area contributed by atoms with Crippen LogP contribution in [0.3, 0.4) is 0 Å². The van der Waals surface area contributed by atoms with Gasteiger partial charge < -0.3 is 41.5 Å². The summed E-state index contributed by atoms with van der Waals surface area (Å²) in [6.07, 6.45) is 18.2. The number of ether oxygens (including phenoxy) is 1. The van der Waals surface area contributed by atoms with Gasteiger partial charge in [-0.2, -0.15) is 0 Å². The lowest BCUT2D eigenvalue weighted by Gasteiger charge is -2.73. The molecular weight excluding hydrogens is 923 g/mol. The fourth-order valence-corrected chi connectivity index (χ4v) is 21.6. The molecule has 6 saturated carbocycles. The Labute approximate surface area is 442 Å². The summed E-state index contributed by atoms with van der Waals surface area (Å²) >= 11 is 0. The summed E-state index contributed by atoms with van der Waals surface area (Å²) in [6.45, 7) is 10.4. The molecule has 2 aromatic rings. The Bertz CT molecular complexity index is 2560. The van der Waals surface area contributed by atoms with Gasteiger partial charge in [0.05, 0.1) is 22.7 Å². The molecule has 0 aromatic heterocycles. The molecule has 2 aromatic carbocycles. The first-order valence-corrected chi connectivity index (χ1v) is 29.9. The van der Waals surface area contributed by atoms with Crippen molar-refractivity contribution in [3.8, 4) is 5.75 Å². The zero-order valence-electron chi connectivity index (χ0n) is 45.7. The van der Waals surface area contributed by atoms with Gasteiger partial charge >= 0.3 is 0 Å². The highest BCUT2D eigenvalue weighted by atomic mass is 16.6. The van der Waals surface area contributed by atoms with Crippen LogP contribution >= 0.6 is 0 Å². The summed E-state index contributed by atoms with van der Waals surface area (Å²) < 4.78 is 6.82. The van der Waals surface area contributed by atoms with Crippen molar-refractivity contribution in [3.63, 3.8) is 0 Å². The van der Waals surface area contributed by atoms with Crippen molar-refractivity contribution in [2.45, 2.75) is 216 Å². The number of carbonyl (C=O) groups is 2. The number of phenols is 1. The SMILES string of the molecule is CNCc1cc(O)cc(C23CCCC45CC(=O)C6=C4CCC4C(C)(C2)C2C(CC45CCCC4CCC(CO)CC4C6CC(O)C4OC4(C)C4CCCC4c4cccc(N)c4)NCC(C)(O)CCCCC2(C)C3=O)c1. The highest BCUT2D eigenvalue weighted by Gasteiger charge is 2.77. The van der Waals surface area contributed by atoms with E-state index in [0.29, 0.717) is 56.4 Å². The van der Waals surface area contributed by atoms with Crippen LogP contribution in [0, 0.1) is 63.1 Å². The molecule has 8 N–H and O–H groups in total. The van der Waals surface area contributed by atoms with E-state index in [9.17, 15) is 20.4 Å².